The average molecular weight is 406 g/mol. The van der Waals surface area contributed by atoms with E-state index in [0.717, 1.165) is 5.56 Å². The Bertz CT molecular complexity index is 1290. The second-order valence-electron chi connectivity index (χ2n) is 6.61. The molecular formula is C21H20N5O2S+. The summed E-state index contributed by atoms with van der Waals surface area (Å²) < 4.78 is 32.1. The fourth-order valence-corrected chi connectivity index (χ4v) is 3.92. The van der Waals surface area contributed by atoms with Crippen molar-refractivity contribution in [2.24, 2.45) is 0 Å². The van der Waals surface area contributed by atoms with Crippen LogP contribution in [0.1, 0.15) is 5.56 Å². The van der Waals surface area contributed by atoms with Gasteiger partial charge in [0.05, 0.1) is 15.9 Å². The van der Waals surface area contributed by atoms with Crippen LogP contribution in [0.5, 0.6) is 0 Å². The number of fused-ring (bicyclic) bond motifs is 1. The lowest BCUT2D eigenvalue weighted by atomic mass is 10.2. The monoisotopic (exact) mass is 406 g/mol. The highest BCUT2D eigenvalue weighted by Gasteiger charge is 2.22. The standard InChI is InChI=1S/C21H20N5O2S/c1-3-12-25-13-14-26(15-25)21-20(22-18-6-4-5-7-19(18)23-21)24-29(27,28)17-10-8-16(2)9-11-17/h3-11,13-15H,1,12H2,2H3,(H,22,24)/q+1. The van der Waals surface area contributed by atoms with Gasteiger partial charge in [-0.15, -0.1) is 0 Å². The molecule has 29 heavy (non-hydrogen) atoms. The van der Waals surface area contributed by atoms with E-state index < -0.39 is 10.0 Å². The zero-order valence-electron chi connectivity index (χ0n) is 15.9. The van der Waals surface area contributed by atoms with Gasteiger partial charge in [-0.1, -0.05) is 42.5 Å². The average Bonchev–Trinajstić information content (AvgIpc) is 3.16. The molecule has 7 nitrogen and oxygen atoms in total. The Morgan fingerprint density at radius 2 is 1.79 bits per heavy atom. The number of nitrogens with zero attached hydrogens (tertiary/aromatic N) is 4. The summed E-state index contributed by atoms with van der Waals surface area (Å²) in [6.45, 7) is 6.26. The van der Waals surface area contributed by atoms with Crippen LogP contribution in [0.3, 0.4) is 0 Å². The van der Waals surface area contributed by atoms with Gasteiger partial charge in [0, 0.05) is 0 Å². The molecule has 8 heteroatoms. The highest BCUT2D eigenvalue weighted by molar-refractivity contribution is 7.92. The van der Waals surface area contributed by atoms with Crippen molar-refractivity contribution in [3.05, 3.63) is 85.5 Å². The number of rotatable bonds is 6. The SMILES string of the molecule is C=CC[n+]1ccn(-c2nc3ccccc3nc2NS(=O)(=O)c2ccc(C)cc2)c1. The van der Waals surface area contributed by atoms with Crippen molar-refractivity contribution < 1.29 is 13.0 Å². The smallest absolute Gasteiger partial charge is 0.258 e. The fraction of sp³-hybridized carbons (Fsp3) is 0.0952. The van der Waals surface area contributed by atoms with Gasteiger partial charge in [0.2, 0.25) is 5.82 Å². The van der Waals surface area contributed by atoms with E-state index in [1.807, 2.05) is 42.2 Å². The molecule has 0 saturated heterocycles. The van der Waals surface area contributed by atoms with E-state index in [9.17, 15) is 8.42 Å². The van der Waals surface area contributed by atoms with Crippen LogP contribution in [0.15, 0.2) is 84.8 Å². The maximum atomic E-state index is 12.9. The van der Waals surface area contributed by atoms with Gasteiger partial charge in [-0.2, -0.15) is 4.57 Å². The van der Waals surface area contributed by atoms with E-state index in [2.05, 4.69) is 21.3 Å². The third-order valence-corrected chi connectivity index (χ3v) is 5.75. The summed E-state index contributed by atoms with van der Waals surface area (Å²) in [6.07, 6.45) is 7.24. The predicted octanol–water partition coefficient (Wildman–Crippen LogP) is 3.00. The van der Waals surface area contributed by atoms with Crippen molar-refractivity contribution >= 4 is 26.9 Å². The number of hydrogen-bond donors (Lipinski definition) is 1. The molecule has 0 aliphatic heterocycles. The molecule has 0 bridgehead atoms. The molecule has 4 rings (SSSR count). The molecule has 0 saturated carbocycles. The Balaban J connectivity index is 1.83. The first-order valence-corrected chi connectivity index (χ1v) is 10.5. The normalized spacial score (nSPS) is 11.5. The lowest BCUT2D eigenvalue weighted by molar-refractivity contribution is -0.686. The van der Waals surface area contributed by atoms with Gasteiger partial charge >= 0.3 is 0 Å². The van der Waals surface area contributed by atoms with Crippen molar-refractivity contribution in [3.8, 4) is 5.82 Å². The van der Waals surface area contributed by atoms with E-state index in [1.54, 1.807) is 47.2 Å². The third kappa shape index (κ3) is 3.88. The van der Waals surface area contributed by atoms with Gasteiger partial charge in [-0.3, -0.25) is 4.72 Å². The van der Waals surface area contributed by atoms with E-state index in [-0.39, 0.29) is 10.7 Å². The first kappa shape index (κ1) is 18.8. The zero-order chi connectivity index (χ0) is 20.4. The molecule has 0 spiro atoms. The minimum atomic E-state index is -3.82. The molecule has 146 valence electrons. The highest BCUT2D eigenvalue weighted by atomic mass is 32.2. The maximum Gasteiger partial charge on any atom is 0.270 e. The van der Waals surface area contributed by atoms with Crippen LogP contribution in [-0.2, 0) is 16.6 Å². The molecule has 1 N–H and O–H groups in total. The van der Waals surface area contributed by atoms with Gasteiger partial charge in [-0.05, 0) is 31.2 Å². The molecule has 0 fully saturated rings. The summed E-state index contributed by atoms with van der Waals surface area (Å²) in [4.78, 5) is 9.34. The Labute approximate surface area is 169 Å². The first-order valence-electron chi connectivity index (χ1n) is 9.01. The number of benzene rings is 2. The first-order chi connectivity index (χ1) is 14.0. The number of para-hydroxylation sites is 2. The largest absolute Gasteiger partial charge is 0.270 e. The Kier molecular flexibility index (Phi) is 4.85. The number of anilines is 1. The molecule has 2 aromatic carbocycles. The van der Waals surface area contributed by atoms with E-state index in [4.69, 9.17) is 0 Å². The van der Waals surface area contributed by atoms with Crippen LogP contribution in [0.4, 0.5) is 5.82 Å². The summed E-state index contributed by atoms with van der Waals surface area (Å²) >= 11 is 0. The lowest BCUT2D eigenvalue weighted by Crippen LogP contribution is -2.29. The molecule has 0 atom stereocenters. The van der Waals surface area contributed by atoms with Crippen LogP contribution in [0.2, 0.25) is 0 Å². The van der Waals surface area contributed by atoms with Gasteiger partial charge in [0.15, 0.2) is 0 Å². The van der Waals surface area contributed by atoms with Gasteiger partial charge in [-0.25, -0.2) is 23.0 Å². The second kappa shape index (κ2) is 7.48. The molecule has 2 heterocycles. The molecule has 2 aromatic heterocycles. The van der Waals surface area contributed by atoms with E-state index in [1.165, 1.54) is 0 Å². The number of allylic oxidation sites excluding steroid dienone is 1. The summed E-state index contributed by atoms with van der Waals surface area (Å²) in [5.74, 6) is 0.549. The van der Waals surface area contributed by atoms with Crippen molar-refractivity contribution in [1.29, 1.82) is 0 Å². The van der Waals surface area contributed by atoms with E-state index in [0.29, 0.717) is 23.4 Å². The Morgan fingerprint density at radius 1 is 1.10 bits per heavy atom. The number of imidazole rings is 1. The summed E-state index contributed by atoms with van der Waals surface area (Å²) in [5, 5.41) is 0. The Hall–Kier alpha value is -3.52. The van der Waals surface area contributed by atoms with Crippen LogP contribution < -0.4 is 9.29 Å². The maximum absolute atomic E-state index is 12.9. The fourth-order valence-electron chi connectivity index (χ4n) is 2.92. The van der Waals surface area contributed by atoms with Crippen LogP contribution in [-0.4, -0.2) is 23.0 Å². The number of hydrogen-bond acceptors (Lipinski definition) is 4. The number of aromatic nitrogens is 4. The number of nitrogens with one attached hydrogen (secondary N) is 1. The molecule has 0 radical (unpaired) electrons. The molecule has 4 aromatic rings. The van der Waals surface area contributed by atoms with E-state index >= 15 is 0 Å². The summed E-state index contributed by atoms with van der Waals surface area (Å²) in [7, 11) is -3.82. The molecular weight excluding hydrogens is 386 g/mol. The minimum Gasteiger partial charge on any atom is -0.258 e. The van der Waals surface area contributed by atoms with Crippen molar-refractivity contribution in [1.82, 2.24) is 14.5 Å². The minimum absolute atomic E-state index is 0.158. The molecule has 0 aliphatic carbocycles. The predicted molar refractivity (Wildman–Crippen MR) is 111 cm³/mol. The van der Waals surface area contributed by atoms with Crippen LogP contribution in [0.25, 0.3) is 16.9 Å². The lowest BCUT2D eigenvalue weighted by Gasteiger charge is -2.10. The van der Waals surface area contributed by atoms with Crippen molar-refractivity contribution in [2.75, 3.05) is 4.72 Å². The highest BCUT2D eigenvalue weighted by Crippen LogP contribution is 2.23. The molecule has 0 unspecified atom stereocenters. The zero-order valence-corrected chi connectivity index (χ0v) is 16.7. The van der Waals surface area contributed by atoms with Gasteiger partial charge in [0.1, 0.15) is 18.9 Å². The number of aryl methyl sites for hydroxylation is 1. The third-order valence-electron chi connectivity index (χ3n) is 4.39. The summed E-state index contributed by atoms with van der Waals surface area (Å²) in [6, 6.07) is 14.0. The van der Waals surface area contributed by atoms with Crippen molar-refractivity contribution in [3.63, 3.8) is 0 Å². The quantitative estimate of drug-likeness (QED) is 0.394. The summed E-state index contributed by atoms with van der Waals surface area (Å²) in [5.41, 5.74) is 2.25. The van der Waals surface area contributed by atoms with Gasteiger partial charge in [0.25, 0.3) is 22.2 Å². The molecule has 0 aliphatic rings. The topological polar surface area (TPSA) is 80.8 Å². The van der Waals surface area contributed by atoms with Crippen molar-refractivity contribution in [2.45, 2.75) is 18.4 Å². The van der Waals surface area contributed by atoms with Crippen LogP contribution in [0, 0.1) is 6.92 Å². The molecule has 0 amide bonds. The number of sulfonamides is 1. The second-order valence-corrected chi connectivity index (χ2v) is 8.29. The van der Waals surface area contributed by atoms with Gasteiger partial charge < -0.3 is 0 Å². The van der Waals surface area contributed by atoms with Crippen LogP contribution >= 0.6 is 0 Å². The Morgan fingerprint density at radius 3 is 2.48 bits per heavy atom.